The van der Waals surface area contributed by atoms with Crippen LogP contribution in [0.2, 0.25) is 0 Å². The minimum absolute atomic E-state index is 0.417. The van der Waals surface area contributed by atoms with Crippen molar-refractivity contribution >= 4 is 42.7 Å². The van der Waals surface area contributed by atoms with Crippen molar-refractivity contribution in [1.29, 1.82) is 0 Å². The predicted molar refractivity (Wildman–Crippen MR) is 128 cm³/mol. The summed E-state index contributed by atoms with van der Waals surface area (Å²) in [6.07, 6.45) is 0. The van der Waals surface area contributed by atoms with E-state index in [2.05, 4.69) is 104 Å². The van der Waals surface area contributed by atoms with Crippen molar-refractivity contribution in [2.45, 2.75) is 0 Å². The molecule has 33 heavy (non-hydrogen) atoms. The van der Waals surface area contributed by atoms with E-state index in [4.69, 9.17) is 0 Å². The third-order valence-electron chi connectivity index (χ3n) is 4.78. The van der Waals surface area contributed by atoms with Crippen molar-refractivity contribution in [2.24, 2.45) is 0 Å². The first-order chi connectivity index (χ1) is 15.0. The van der Waals surface area contributed by atoms with Gasteiger partial charge in [0, 0.05) is 0 Å². The van der Waals surface area contributed by atoms with Crippen LogP contribution in [0.1, 0.15) is 0 Å². The molecule has 4 rings (SSSR count). The van der Waals surface area contributed by atoms with Gasteiger partial charge in [0.15, 0.2) is 0 Å². The van der Waals surface area contributed by atoms with Crippen LogP contribution in [-0.2, 0) is 0 Å². The molecule has 2 aromatic rings. The van der Waals surface area contributed by atoms with Crippen LogP contribution >= 0.6 is 7.81 Å². The molecule has 0 aromatic heterocycles. The van der Waals surface area contributed by atoms with Gasteiger partial charge in [0.1, 0.15) is 0 Å². The predicted octanol–water partition coefficient (Wildman–Crippen LogP) is 7.15. The fraction of sp³-hybridized carbons (Fsp3) is 0.174. The fourth-order valence-corrected chi connectivity index (χ4v) is 6.64. The summed E-state index contributed by atoms with van der Waals surface area (Å²) in [5.41, 5.74) is 5.38. The second kappa shape index (κ2) is 8.30. The van der Waals surface area contributed by atoms with Gasteiger partial charge in [-0.15, -0.1) is 0 Å². The van der Waals surface area contributed by atoms with Crippen LogP contribution in [0.3, 0.4) is 0 Å². The second-order valence-electron chi connectivity index (χ2n) is 7.95. The summed E-state index contributed by atoms with van der Waals surface area (Å²) in [5, 5.41) is 2.70. The zero-order valence-electron chi connectivity index (χ0n) is 18.4. The molecule has 2 aromatic carbocycles. The maximum absolute atomic E-state index is 10.7. The van der Waals surface area contributed by atoms with Crippen molar-refractivity contribution in [1.82, 2.24) is 4.58 Å². The normalized spacial score (nSPS) is 13.6. The van der Waals surface area contributed by atoms with E-state index in [0.717, 1.165) is 0 Å². The Morgan fingerprint density at radius 3 is 1.94 bits per heavy atom. The molecule has 2 aliphatic rings. The van der Waals surface area contributed by atoms with Gasteiger partial charge in [0.05, 0.1) is 0 Å². The van der Waals surface area contributed by atoms with E-state index >= 15 is 0 Å². The Bertz CT molecular complexity index is 1330. The van der Waals surface area contributed by atoms with Crippen LogP contribution in [0.5, 0.6) is 0 Å². The van der Waals surface area contributed by atoms with Crippen molar-refractivity contribution in [3.63, 3.8) is 0 Å². The topological polar surface area (TPSA) is 6.25 Å². The Balaban J connectivity index is 0.000000383. The number of hydrogen-bond acceptors (Lipinski definition) is 1. The molecule has 0 saturated heterocycles. The zero-order chi connectivity index (χ0) is 24.7. The van der Waals surface area contributed by atoms with Crippen LogP contribution in [0.15, 0.2) is 66.7 Å². The van der Waals surface area contributed by atoms with Crippen LogP contribution in [-0.4, -0.2) is 48.6 Å². The Morgan fingerprint density at radius 1 is 0.788 bits per heavy atom. The summed E-state index contributed by atoms with van der Waals surface area (Å²) in [5.74, 6) is 0. The third kappa shape index (κ3) is 7.46. The first-order valence-electron chi connectivity index (χ1n) is 9.80. The molecule has 0 spiro atoms. The summed E-state index contributed by atoms with van der Waals surface area (Å²) in [6.45, 7) is 0. The molecular weight excluding hydrogens is 577 g/mol. The van der Waals surface area contributed by atoms with Crippen LogP contribution in [0, 0.1) is 0 Å². The van der Waals surface area contributed by atoms with Gasteiger partial charge < -0.3 is 0 Å². The van der Waals surface area contributed by atoms with Gasteiger partial charge in [-0.3, -0.25) is 0 Å². The van der Waals surface area contributed by atoms with Crippen molar-refractivity contribution in [3.05, 3.63) is 72.1 Å². The average Bonchev–Trinajstić information content (AvgIpc) is 2.69. The van der Waals surface area contributed by atoms with Gasteiger partial charge >= 0.3 is 198 Å². The summed E-state index contributed by atoms with van der Waals surface area (Å²) in [6, 6.07) is 24.7. The number of rotatable bonds is 2. The number of hydrogen-bond donors (Lipinski definition) is 0. The molecule has 0 radical (unpaired) electrons. The molecule has 0 amide bonds. The van der Waals surface area contributed by atoms with E-state index in [1.807, 2.05) is 0 Å². The van der Waals surface area contributed by atoms with Crippen LogP contribution in [0.4, 0.5) is 30.9 Å². The Morgan fingerprint density at radius 2 is 1.39 bits per heavy atom. The molecule has 0 bridgehead atoms. The summed E-state index contributed by atoms with van der Waals surface area (Å²) >= 11 is -0.417. The van der Waals surface area contributed by atoms with Crippen LogP contribution < -0.4 is 14.8 Å². The molecule has 0 atom stereocenters. The molecule has 178 valence electrons. The number of benzene rings is 3. The standard InChI is InChI=1S/C23H23N2Te.F6P/c1-24(2)17-10-12-19-21(14-17)26-22-15-18(25(3)4)11-13-20(22)23(19)16-8-6-5-7-9-16;1-7(2,3,4,5)6/h5-15H,1-4H3;/q+1;-1. The second-order valence-corrected chi connectivity index (χ2v) is 13.0. The van der Waals surface area contributed by atoms with E-state index in [-0.39, 0.29) is 0 Å². The van der Waals surface area contributed by atoms with Gasteiger partial charge in [0.2, 0.25) is 0 Å². The number of nitrogens with zero attached hydrogens (tertiary/aromatic N) is 2. The Labute approximate surface area is 197 Å². The van der Waals surface area contributed by atoms with Gasteiger partial charge in [-0.1, -0.05) is 0 Å². The number of fused-ring (bicyclic) bond motifs is 2. The molecule has 1 aliphatic heterocycles. The SMILES string of the molecule is CN(C)c1ccc2c(-c3ccccc3)c3ccc(=[N+](C)C)cc-3[te]c2c1.F[P-](F)(F)(F)(F)F. The maximum atomic E-state index is 9.87. The average molecular weight is 600 g/mol. The van der Waals surface area contributed by atoms with Crippen LogP contribution in [0.25, 0.3) is 29.1 Å². The van der Waals surface area contributed by atoms with E-state index < -0.39 is 28.2 Å². The van der Waals surface area contributed by atoms with Gasteiger partial charge in [-0.25, -0.2) is 0 Å². The minimum atomic E-state index is -10.7. The summed E-state index contributed by atoms with van der Waals surface area (Å²) < 4.78 is 64.5. The number of halogens is 6. The first-order valence-corrected chi connectivity index (χ1v) is 14.2. The van der Waals surface area contributed by atoms with Crippen molar-refractivity contribution in [2.75, 3.05) is 33.1 Å². The molecule has 0 unspecified atom stereocenters. The monoisotopic (exact) mass is 602 g/mol. The Hall–Kier alpha value is -2.07. The van der Waals surface area contributed by atoms with E-state index in [9.17, 15) is 25.2 Å². The fourth-order valence-electron chi connectivity index (χ4n) is 3.34. The first kappa shape index (κ1) is 25.6. The van der Waals surface area contributed by atoms with E-state index in [0.29, 0.717) is 0 Å². The molecule has 1 aliphatic carbocycles. The van der Waals surface area contributed by atoms with E-state index in [1.54, 1.807) is 0 Å². The molecule has 0 fully saturated rings. The molecule has 0 saturated carbocycles. The van der Waals surface area contributed by atoms with Crippen molar-refractivity contribution in [3.8, 4) is 20.3 Å². The number of anilines is 1. The van der Waals surface area contributed by atoms with E-state index in [1.165, 1.54) is 40.1 Å². The third-order valence-corrected chi connectivity index (χ3v) is 7.97. The molecule has 10 heteroatoms. The van der Waals surface area contributed by atoms with Crippen molar-refractivity contribution < 1.29 is 25.2 Å². The zero-order valence-corrected chi connectivity index (χ0v) is 21.6. The molecule has 1 heterocycles. The summed E-state index contributed by atoms with van der Waals surface area (Å²) in [4.78, 5) is 2.20. The Kier molecular flexibility index (Phi) is 6.43. The molecule has 2 nitrogen and oxygen atoms in total. The quantitative estimate of drug-likeness (QED) is 0.0780. The molecular formula is C23H23F6N2PTe. The summed E-state index contributed by atoms with van der Waals surface area (Å²) in [7, 11) is -2.19. The van der Waals surface area contributed by atoms with Gasteiger partial charge in [-0.05, 0) is 0 Å². The van der Waals surface area contributed by atoms with Gasteiger partial charge in [0.25, 0.3) is 0 Å². The van der Waals surface area contributed by atoms with Gasteiger partial charge in [-0.2, -0.15) is 0 Å². The molecule has 0 N–H and O–H groups in total.